The molecule has 0 radical (unpaired) electrons. The second kappa shape index (κ2) is 8.54. The predicted octanol–water partition coefficient (Wildman–Crippen LogP) is 4.38. The second-order valence-electron chi connectivity index (χ2n) is 7.82. The van der Waals surface area contributed by atoms with Crippen molar-refractivity contribution in [1.82, 2.24) is 9.80 Å². The first-order chi connectivity index (χ1) is 14.0. The van der Waals surface area contributed by atoms with Gasteiger partial charge in [-0.25, -0.2) is 4.39 Å². The maximum Gasteiger partial charge on any atom is 0.250 e. The molecule has 6 heteroatoms. The second-order valence-corrected chi connectivity index (χ2v) is 8.26. The van der Waals surface area contributed by atoms with Crippen LogP contribution in [-0.4, -0.2) is 40.7 Å². The van der Waals surface area contributed by atoms with E-state index in [1.54, 1.807) is 21.9 Å². The van der Waals surface area contributed by atoms with Crippen molar-refractivity contribution in [1.29, 1.82) is 0 Å². The van der Waals surface area contributed by atoms with E-state index in [0.717, 1.165) is 31.2 Å². The monoisotopic (exact) mass is 414 g/mol. The van der Waals surface area contributed by atoms with Crippen LogP contribution in [0.1, 0.15) is 42.9 Å². The lowest BCUT2D eigenvalue weighted by atomic mass is 9.98. The molecule has 0 N–H and O–H groups in total. The molecule has 1 saturated carbocycles. The molecule has 2 fully saturated rings. The molecule has 2 aromatic rings. The minimum Gasteiger partial charge on any atom is -0.328 e. The number of amides is 2. The average Bonchev–Trinajstić information content (AvgIpc) is 3.25. The smallest absolute Gasteiger partial charge is 0.250 e. The number of hydrogen-bond donors (Lipinski definition) is 0. The van der Waals surface area contributed by atoms with Gasteiger partial charge in [0.05, 0.1) is 0 Å². The summed E-state index contributed by atoms with van der Waals surface area (Å²) in [7, 11) is 0. The third kappa shape index (κ3) is 4.30. The first kappa shape index (κ1) is 19.9. The molecule has 1 aliphatic heterocycles. The predicted molar refractivity (Wildman–Crippen MR) is 110 cm³/mol. The van der Waals surface area contributed by atoms with Gasteiger partial charge in [-0.1, -0.05) is 48.7 Å². The molecule has 0 bridgehead atoms. The van der Waals surface area contributed by atoms with Gasteiger partial charge in [-0.05, 0) is 54.7 Å². The number of halogens is 2. The van der Waals surface area contributed by atoms with E-state index in [1.165, 1.54) is 12.1 Å². The Kier molecular flexibility index (Phi) is 5.86. The van der Waals surface area contributed by atoms with Gasteiger partial charge in [-0.3, -0.25) is 9.59 Å². The fourth-order valence-corrected chi connectivity index (χ4v) is 4.52. The first-order valence-corrected chi connectivity index (χ1v) is 10.5. The van der Waals surface area contributed by atoms with Crippen molar-refractivity contribution in [3.05, 3.63) is 70.5 Å². The number of piperazine rings is 1. The Hall–Kier alpha value is -2.40. The zero-order chi connectivity index (χ0) is 20.4. The van der Waals surface area contributed by atoms with E-state index in [-0.39, 0.29) is 30.2 Å². The van der Waals surface area contributed by atoms with Gasteiger partial charge in [0.2, 0.25) is 5.91 Å². The molecule has 0 spiro atoms. The van der Waals surface area contributed by atoms with Gasteiger partial charge < -0.3 is 9.80 Å². The Labute approximate surface area is 175 Å². The van der Waals surface area contributed by atoms with Crippen LogP contribution in [0.2, 0.25) is 5.02 Å². The normalized spacial score (nSPS) is 20.6. The summed E-state index contributed by atoms with van der Waals surface area (Å²) in [6, 6.07) is 12.8. The Morgan fingerprint density at radius 1 is 0.966 bits per heavy atom. The Bertz CT molecular complexity index is 879. The number of benzene rings is 2. The van der Waals surface area contributed by atoms with E-state index >= 15 is 0 Å². The van der Waals surface area contributed by atoms with E-state index in [2.05, 4.69) is 0 Å². The highest BCUT2D eigenvalue weighted by atomic mass is 35.5. The molecule has 152 valence electrons. The van der Waals surface area contributed by atoms with Crippen molar-refractivity contribution in [2.75, 3.05) is 13.1 Å². The van der Waals surface area contributed by atoms with Gasteiger partial charge in [0.25, 0.3) is 5.91 Å². The van der Waals surface area contributed by atoms with Gasteiger partial charge in [-0.2, -0.15) is 0 Å². The van der Waals surface area contributed by atoms with Gasteiger partial charge in [-0.15, -0.1) is 0 Å². The third-order valence-electron chi connectivity index (χ3n) is 5.96. The minimum absolute atomic E-state index is 0.0558. The number of carbonyl (C=O) groups is 2. The lowest BCUT2D eigenvalue weighted by Gasteiger charge is -2.43. The van der Waals surface area contributed by atoms with Gasteiger partial charge in [0, 0.05) is 17.6 Å². The molecule has 29 heavy (non-hydrogen) atoms. The van der Waals surface area contributed by atoms with E-state index in [4.69, 9.17) is 11.6 Å². The number of nitrogens with zero attached hydrogens (tertiary/aromatic N) is 2. The van der Waals surface area contributed by atoms with Gasteiger partial charge in [0.15, 0.2) is 0 Å². The van der Waals surface area contributed by atoms with Crippen LogP contribution in [0.3, 0.4) is 0 Å². The highest BCUT2D eigenvalue weighted by molar-refractivity contribution is 6.30. The van der Waals surface area contributed by atoms with Crippen LogP contribution in [0, 0.1) is 5.82 Å². The maximum atomic E-state index is 13.5. The molecule has 4 rings (SSSR count). The van der Waals surface area contributed by atoms with Crippen molar-refractivity contribution < 1.29 is 14.0 Å². The Balaban J connectivity index is 1.60. The van der Waals surface area contributed by atoms with Gasteiger partial charge in [0.1, 0.15) is 18.4 Å². The van der Waals surface area contributed by atoms with E-state index in [0.29, 0.717) is 23.6 Å². The summed E-state index contributed by atoms with van der Waals surface area (Å²) in [6.07, 6.45) is 4.69. The van der Waals surface area contributed by atoms with Crippen LogP contribution >= 0.6 is 11.6 Å². The molecular weight excluding hydrogens is 391 g/mol. The van der Waals surface area contributed by atoms with Crippen molar-refractivity contribution in [2.45, 2.75) is 44.2 Å². The lowest BCUT2D eigenvalue weighted by Crippen LogP contribution is -2.58. The molecule has 0 unspecified atom stereocenters. The number of hydrogen-bond acceptors (Lipinski definition) is 2. The van der Waals surface area contributed by atoms with Crippen LogP contribution in [0.5, 0.6) is 0 Å². The highest BCUT2D eigenvalue weighted by Crippen LogP contribution is 2.33. The van der Waals surface area contributed by atoms with Crippen LogP contribution in [-0.2, 0) is 16.0 Å². The molecule has 0 aromatic heterocycles. The van der Waals surface area contributed by atoms with Crippen LogP contribution in [0.25, 0.3) is 0 Å². The Morgan fingerprint density at radius 3 is 2.28 bits per heavy atom. The molecule has 1 aliphatic carbocycles. The summed E-state index contributed by atoms with van der Waals surface area (Å²) >= 11 is 5.95. The average molecular weight is 415 g/mol. The number of rotatable bonds is 5. The fraction of sp³-hybridized carbons (Fsp3) is 0.391. The summed E-state index contributed by atoms with van der Waals surface area (Å²) in [5.41, 5.74) is 1.70. The van der Waals surface area contributed by atoms with Crippen LogP contribution < -0.4 is 0 Å². The molecule has 4 nitrogen and oxygen atoms in total. The summed E-state index contributed by atoms with van der Waals surface area (Å²) in [5.74, 6) is -0.470. The number of carbonyl (C=O) groups excluding carboxylic acids is 2. The third-order valence-corrected chi connectivity index (χ3v) is 6.21. The first-order valence-electron chi connectivity index (χ1n) is 10.1. The SMILES string of the molecule is O=C1[C@@H](c2ccc(F)cc2)N(CCc2ccc(Cl)cc2)C(=O)CN1C1CCCC1. The van der Waals surface area contributed by atoms with E-state index in [9.17, 15) is 14.0 Å². The summed E-state index contributed by atoms with van der Waals surface area (Å²) < 4.78 is 13.5. The lowest BCUT2D eigenvalue weighted by molar-refractivity contribution is -0.158. The highest BCUT2D eigenvalue weighted by Gasteiger charge is 2.43. The van der Waals surface area contributed by atoms with E-state index in [1.807, 2.05) is 24.3 Å². The standard InChI is InChI=1S/C23H24ClFN2O2/c24-18-9-5-16(6-10-18)13-14-26-21(28)15-27(20-3-1-2-4-20)23(29)22(26)17-7-11-19(25)12-8-17/h5-12,20,22H,1-4,13-15H2/t22-/m1/s1. The van der Waals surface area contributed by atoms with Crippen molar-refractivity contribution in [3.8, 4) is 0 Å². The summed E-state index contributed by atoms with van der Waals surface area (Å²) in [4.78, 5) is 29.9. The van der Waals surface area contributed by atoms with Crippen molar-refractivity contribution >= 4 is 23.4 Å². The fourth-order valence-electron chi connectivity index (χ4n) is 4.40. The largest absolute Gasteiger partial charge is 0.328 e. The maximum absolute atomic E-state index is 13.5. The van der Waals surface area contributed by atoms with Crippen LogP contribution in [0.15, 0.2) is 48.5 Å². The van der Waals surface area contributed by atoms with Gasteiger partial charge >= 0.3 is 0 Å². The van der Waals surface area contributed by atoms with E-state index < -0.39 is 6.04 Å². The van der Waals surface area contributed by atoms with Crippen molar-refractivity contribution in [3.63, 3.8) is 0 Å². The molecular formula is C23H24ClFN2O2. The van der Waals surface area contributed by atoms with Crippen molar-refractivity contribution in [2.24, 2.45) is 0 Å². The summed E-state index contributed by atoms with van der Waals surface area (Å²) in [5, 5.41) is 0.661. The molecule has 2 aliphatic rings. The topological polar surface area (TPSA) is 40.6 Å². The molecule has 1 heterocycles. The molecule has 2 amide bonds. The van der Waals surface area contributed by atoms with Crippen LogP contribution in [0.4, 0.5) is 4.39 Å². The summed E-state index contributed by atoms with van der Waals surface area (Å²) in [6.45, 7) is 0.550. The Morgan fingerprint density at radius 2 is 1.62 bits per heavy atom. The zero-order valence-electron chi connectivity index (χ0n) is 16.2. The molecule has 1 saturated heterocycles. The quantitative estimate of drug-likeness (QED) is 0.728. The minimum atomic E-state index is -0.704. The molecule has 1 atom stereocenters. The molecule has 2 aromatic carbocycles. The zero-order valence-corrected chi connectivity index (χ0v) is 16.9.